The van der Waals surface area contributed by atoms with Crippen LogP contribution in [-0.4, -0.2) is 31.8 Å². The molecular formula is C15H22N2O3. The van der Waals surface area contributed by atoms with Gasteiger partial charge in [-0.15, -0.1) is 0 Å². The molecule has 1 aromatic rings. The Bertz CT molecular complexity index is 414. The fraction of sp³-hybridized carbons (Fsp3) is 0.533. The Balaban J connectivity index is 1.59. The first-order valence-electron chi connectivity index (χ1n) is 7.09. The first-order valence-corrected chi connectivity index (χ1v) is 7.09. The third-order valence-corrected chi connectivity index (χ3v) is 3.26. The van der Waals surface area contributed by atoms with Gasteiger partial charge in [-0.2, -0.15) is 0 Å². The van der Waals surface area contributed by atoms with Gasteiger partial charge in [0, 0.05) is 37.6 Å². The van der Waals surface area contributed by atoms with Crippen molar-refractivity contribution in [1.82, 2.24) is 0 Å². The highest BCUT2D eigenvalue weighted by Crippen LogP contribution is 2.12. The van der Waals surface area contributed by atoms with Gasteiger partial charge in [0.05, 0.1) is 6.10 Å². The van der Waals surface area contributed by atoms with Gasteiger partial charge in [-0.25, -0.2) is 0 Å². The normalized spacial score (nSPS) is 16.0. The lowest BCUT2D eigenvalue weighted by molar-refractivity contribution is -0.116. The van der Waals surface area contributed by atoms with E-state index >= 15 is 0 Å². The molecule has 0 atom stereocenters. The minimum Gasteiger partial charge on any atom is -0.399 e. The molecule has 1 aliphatic heterocycles. The Morgan fingerprint density at radius 3 is 2.70 bits per heavy atom. The minimum atomic E-state index is 0.00495. The summed E-state index contributed by atoms with van der Waals surface area (Å²) in [5.41, 5.74) is 7.05. The van der Waals surface area contributed by atoms with E-state index in [9.17, 15) is 4.79 Å². The number of benzene rings is 1. The number of nitrogens with one attached hydrogen (secondary N) is 1. The summed E-state index contributed by atoms with van der Waals surface area (Å²) < 4.78 is 11.0. The van der Waals surface area contributed by atoms with Crippen LogP contribution >= 0.6 is 0 Å². The van der Waals surface area contributed by atoms with Gasteiger partial charge < -0.3 is 20.5 Å². The smallest absolute Gasteiger partial charge is 0.224 e. The summed E-state index contributed by atoms with van der Waals surface area (Å²) in [6, 6.07) is 7.13. The van der Waals surface area contributed by atoms with Crippen LogP contribution in [0.5, 0.6) is 0 Å². The SMILES string of the molecule is Nc1ccc(NC(=O)CCCOC2CCOCC2)cc1. The molecule has 110 valence electrons. The average molecular weight is 278 g/mol. The molecule has 1 aromatic carbocycles. The molecule has 0 spiro atoms. The zero-order valence-electron chi connectivity index (χ0n) is 11.6. The van der Waals surface area contributed by atoms with Crippen LogP contribution in [0.15, 0.2) is 24.3 Å². The molecule has 1 saturated heterocycles. The van der Waals surface area contributed by atoms with Crippen LogP contribution in [0.1, 0.15) is 25.7 Å². The van der Waals surface area contributed by atoms with Crippen LogP contribution in [0.2, 0.25) is 0 Å². The monoisotopic (exact) mass is 278 g/mol. The lowest BCUT2D eigenvalue weighted by Crippen LogP contribution is -2.24. The van der Waals surface area contributed by atoms with Crippen LogP contribution in [-0.2, 0) is 14.3 Å². The summed E-state index contributed by atoms with van der Waals surface area (Å²) in [7, 11) is 0. The summed E-state index contributed by atoms with van der Waals surface area (Å²) in [4.78, 5) is 11.7. The van der Waals surface area contributed by atoms with Crippen molar-refractivity contribution in [3.63, 3.8) is 0 Å². The van der Waals surface area contributed by atoms with Gasteiger partial charge >= 0.3 is 0 Å². The van der Waals surface area contributed by atoms with Crippen LogP contribution in [0.3, 0.4) is 0 Å². The third-order valence-electron chi connectivity index (χ3n) is 3.26. The number of anilines is 2. The summed E-state index contributed by atoms with van der Waals surface area (Å²) in [6.45, 7) is 2.18. The van der Waals surface area contributed by atoms with Crippen LogP contribution in [0.4, 0.5) is 11.4 Å². The summed E-state index contributed by atoms with van der Waals surface area (Å²) in [5.74, 6) is 0.00495. The van der Waals surface area contributed by atoms with Gasteiger partial charge in [-0.3, -0.25) is 4.79 Å². The molecule has 5 nitrogen and oxygen atoms in total. The molecule has 0 bridgehead atoms. The molecule has 1 fully saturated rings. The maximum atomic E-state index is 11.7. The molecule has 5 heteroatoms. The number of nitrogen functional groups attached to an aromatic ring is 1. The predicted molar refractivity (Wildman–Crippen MR) is 78.5 cm³/mol. The molecule has 0 saturated carbocycles. The molecule has 1 heterocycles. The molecule has 3 N–H and O–H groups in total. The first-order chi connectivity index (χ1) is 9.74. The molecule has 1 amide bonds. The van der Waals surface area contributed by atoms with Crippen molar-refractivity contribution in [2.75, 3.05) is 30.9 Å². The maximum Gasteiger partial charge on any atom is 0.224 e. The van der Waals surface area contributed by atoms with Gasteiger partial charge in [0.1, 0.15) is 0 Å². The number of ether oxygens (including phenoxy) is 2. The lowest BCUT2D eigenvalue weighted by atomic mass is 10.1. The third kappa shape index (κ3) is 5.19. The topological polar surface area (TPSA) is 73.6 Å². The number of nitrogens with two attached hydrogens (primary N) is 1. The average Bonchev–Trinajstić information content (AvgIpc) is 2.47. The van der Waals surface area contributed by atoms with Crippen molar-refractivity contribution in [2.45, 2.75) is 31.8 Å². The number of rotatable bonds is 6. The van der Waals surface area contributed by atoms with E-state index in [1.165, 1.54) is 0 Å². The molecule has 20 heavy (non-hydrogen) atoms. The van der Waals surface area contributed by atoms with Crippen molar-refractivity contribution >= 4 is 17.3 Å². The Kier molecular flexibility index (Phi) is 5.83. The van der Waals surface area contributed by atoms with Crippen molar-refractivity contribution in [3.8, 4) is 0 Å². The van der Waals surface area contributed by atoms with Crippen LogP contribution < -0.4 is 11.1 Å². The zero-order chi connectivity index (χ0) is 14.2. The largest absolute Gasteiger partial charge is 0.399 e. The number of carbonyl (C=O) groups is 1. The summed E-state index contributed by atoms with van der Waals surface area (Å²) in [5, 5.41) is 2.84. The molecule has 0 aliphatic carbocycles. The van der Waals surface area contributed by atoms with Crippen molar-refractivity contribution in [3.05, 3.63) is 24.3 Å². The second kappa shape index (κ2) is 7.87. The molecule has 1 aliphatic rings. The predicted octanol–water partition coefficient (Wildman–Crippen LogP) is 2.18. The molecule has 0 radical (unpaired) electrons. The van der Waals surface area contributed by atoms with E-state index in [0.29, 0.717) is 24.8 Å². The van der Waals surface area contributed by atoms with Gasteiger partial charge in [-0.1, -0.05) is 0 Å². The first kappa shape index (κ1) is 14.8. The number of hydrogen-bond acceptors (Lipinski definition) is 4. The van der Waals surface area contributed by atoms with Crippen molar-refractivity contribution < 1.29 is 14.3 Å². The summed E-state index contributed by atoms with van der Waals surface area (Å²) in [6.07, 6.45) is 3.41. The van der Waals surface area contributed by atoms with Gasteiger partial charge in [-0.05, 0) is 43.5 Å². The fourth-order valence-corrected chi connectivity index (χ4v) is 2.12. The maximum absolute atomic E-state index is 11.7. The Morgan fingerprint density at radius 2 is 2.00 bits per heavy atom. The molecule has 0 unspecified atom stereocenters. The fourth-order valence-electron chi connectivity index (χ4n) is 2.12. The van der Waals surface area contributed by atoms with Crippen LogP contribution in [0.25, 0.3) is 0 Å². The Labute approximate surface area is 119 Å². The van der Waals surface area contributed by atoms with E-state index in [0.717, 1.165) is 38.2 Å². The van der Waals surface area contributed by atoms with Crippen LogP contribution in [0, 0.1) is 0 Å². The highest BCUT2D eigenvalue weighted by atomic mass is 16.5. The Morgan fingerprint density at radius 1 is 1.30 bits per heavy atom. The van der Waals surface area contributed by atoms with E-state index in [1.54, 1.807) is 24.3 Å². The van der Waals surface area contributed by atoms with Gasteiger partial charge in [0.15, 0.2) is 0 Å². The highest BCUT2D eigenvalue weighted by Gasteiger charge is 2.13. The van der Waals surface area contributed by atoms with E-state index in [2.05, 4.69) is 5.32 Å². The van der Waals surface area contributed by atoms with E-state index in [1.807, 2.05) is 0 Å². The number of carbonyl (C=O) groups excluding carboxylic acids is 1. The zero-order valence-corrected chi connectivity index (χ0v) is 11.6. The Hall–Kier alpha value is -1.59. The minimum absolute atomic E-state index is 0.00495. The van der Waals surface area contributed by atoms with Crippen molar-refractivity contribution in [1.29, 1.82) is 0 Å². The van der Waals surface area contributed by atoms with E-state index in [-0.39, 0.29) is 5.91 Å². The van der Waals surface area contributed by atoms with Gasteiger partial charge in [0.2, 0.25) is 5.91 Å². The lowest BCUT2D eigenvalue weighted by Gasteiger charge is -2.22. The number of hydrogen-bond donors (Lipinski definition) is 2. The van der Waals surface area contributed by atoms with Gasteiger partial charge in [0.25, 0.3) is 0 Å². The standard InChI is InChI=1S/C15H22N2O3/c16-12-3-5-13(6-4-12)17-15(18)2-1-9-20-14-7-10-19-11-8-14/h3-6,14H,1-2,7-11,16H2,(H,17,18). The quantitative estimate of drug-likeness (QED) is 0.618. The highest BCUT2D eigenvalue weighted by molar-refractivity contribution is 5.90. The molecule has 0 aromatic heterocycles. The summed E-state index contributed by atoms with van der Waals surface area (Å²) >= 11 is 0. The second-order valence-electron chi connectivity index (χ2n) is 4.96. The number of amides is 1. The van der Waals surface area contributed by atoms with E-state index in [4.69, 9.17) is 15.2 Å². The second-order valence-corrected chi connectivity index (χ2v) is 4.96. The molecule has 2 rings (SSSR count). The van der Waals surface area contributed by atoms with E-state index < -0.39 is 0 Å². The molecular weight excluding hydrogens is 256 g/mol. The van der Waals surface area contributed by atoms with Crippen molar-refractivity contribution in [2.24, 2.45) is 0 Å².